The summed E-state index contributed by atoms with van der Waals surface area (Å²) >= 11 is 1.96. The minimum absolute atomic E-state index is 0.611. The van der Waals surface area contributed by atoms with E-state index in [4.69, 9.17) is 4.99 Å². The molecule has 1 N–H and O–H groups in total. The van der Waals surface area contributed by atoms with E-state index in [1.807, 2.05) is 11.8 Å². The van der Waals surface area contributed by atoms with Crippen LogP contribution in [0.15, 0.2) is 4.99 Å². The third kappa shape index (κ3) is 1.65. The lowest BCUT2D eigenvalue weighted by molar-refractivity contribution is 0.456. The van der Waals surface area contributed by atoms with Crippen molar-refractivity contribution in [2.75, 3.05) is 0 Å². The molecule has 3 aliphatic carbocycles. The van der Waals surface area contributed by atoms with Crippen molar-refractivity contribution < 1.29 is 0 Å². The summed E-state index contributed by atoms with van der Waals surface area (Å²) in [4.78, 5) is 5.04. The summed E-state index contributed by atoms with van der Waals surface area (Å²) in [6.07, 6.45) is 5.80. The first-order valence-electron chi connectivity index (χ1n) is 7.23. The Bertz CT molecular complexity index is 339. The number of hydrogen-bond acceptors (Lipinski definition) is 2. The summed E-state index contributed by atoms with van der Waals surface area (Å²) in [5.74, 6) is 4.05. The molecular formula is C14H22N2S. The van der Waals surface area contributed by atoms with Crippen LogP contribution in [0.25, 0.3) is 0 Å². The van der Waals surface area contributed by atoms with Crippen LogP contribution in [0, 0.1) is 23.7 Å². The molecule has 3 heteroatoms. The predicted molar refractivity (Wildman–Crippen MR) is 73.3 cm³/mol. The number of nitrogens with zero attached hydrogens (tertiary/aromatic N) is 1. The Morgan fingerprint density at radius 1 is 1.12 bits per heavy atom. The Balaban J connectivity index is 1.48. The van der Waals surface area contributed by atoms with E-state index in [0.717, 1.165) is 28.9 Å². The molecule has 6 unspecified atom stereocenters. The minimum Gasteiger partial charge on any atom is -0.362 e. The van der Waals surface area contributed by atoms with E-state index in [-0.39, 0.29) is 0 Å². The molecule has 0 amide bonds. The quantitative estimate of drug-likeness (QED) is 0.774. The van der Waals surface area contributed by atoms with Crippen molar-refractivity contribution in [3.05, 3.63) is 0 Å². The van der Waals surface area contributed by atoms with E-state index in [2.05, 4.69) is 19.2 Å². The van der Waals surface area contributed by atoms with Gasteiger partial charge in [-0.2, -0.15) is 0 Å². The predicted octanol–water partition coefficient (Wildman–Crippen LogP) is 2.89. The summed E-state index contributed by atoms with van der Waals surface area (Å²) in [6.45, 7) is 4.61. The molecule has 1 aliphatic heterocycles. The highest BCUT2D eigenvalue weighted by molar-refractivity contribution is 8.14. The van der Waals surface area contributed by atoms with Crippen LogP contribution in [0.5, 0.6) is 0 Å². The Labute approximate surface area is 108 Å². The van der Waals surface area contributed by atoms with Crippen molar-refractivity contribution >= 4 is 16.9 Å². The fourth-order valence-electron chi connectivity index (χ4n) is 4.70. The van der Waals surface area contributed by atoms with E-state index in [1.54, 1.807) is 0 Å². The monoisotopic (exact) mass is 250 g/mol. The first kappa shape index (κ1) is 10.7. The highest BCUT2D eigenvalue weighted by Gasteiger charge is 2.65. The van der Waals surface area contributed by atoms with Crippen molar-refractivity contribution in [2.24, 2.45) is 28.7 Å². The Kier molecular flexibility index (Phi) is 2.31. The smallest absolute Gasteiger partial charge is 0.157 e. The zero-order chi connectivity index (χ0) is 11.6. The molecule has 94 valence electrons. The number of amidine groups is 1. The molecule has 4 rings (SSSR count). The first-order valence-corrected chi connectivity index (χ1v) is 8.11. The average Bonchev–Trinajstić information content (AvgIpc) is 2.69. The van der Waals surface area contributed by atoms with Gasteiger partial charge in [-0.05, 0) is 56.3 Å². The molecule has 0 aromatic carbocycles. The maximum Gasteiger partial charge on any atom is 0.157 e. The van der Waals surface area contributed by atoms with Crippen molar-refractivity contribution in [2.45, 2.75) is 56.9 Å². The lowest BCUT2D eigenvalue weighted by Crippen LogP contribution is -2.38. The normalized spacial score (nSPS) is 58.0. The SMILES string of the molecule is CC1CC(C)SC(=NC2C3C4CCC(C4)C23)N1. The van der Waals surface area contributed by atoms with Gasteiger partial charge in [-0.15, -0.1) is 0 Å². The molecule has 1 heterocycles. The van der Waals surface area contributed by atoms with Crippen LogP contribution >= 0.6 is 11.8 Å². The number of nitrogens with one attached hydrogen (secondary N) is 1. The average molecular weight is 250 g/mol. The summed E-state index contributed by atoms with van der Waals surface area (Å²) in [5, 5.41) is 5.55. The molecule has 0 aromatic heterocycles. The lowest BCUT2D eigenvalue weighted by Gasteiger charge is -2.27. The molecule has 17 heavy (non-hydrogen) atoms. The van der Waals surface area contributed by atoms with Gasteiger partial charge in [-0.3, -0.25) is 4.99 Å². The topological polar surface area (TPSA) is 24.4 Å². The minimum atomic E-state index is 0.611. The maximum absolute atomic E-state index is 5.04. The number of fused-ring (bicyclic) bond motifs is 5. The van der Waals surface area contributed by atoms with Crippen LogP contribution < -0.4 is 5.32 Å². The van der Waals surface area contributed by atoms with Crippen LogP contribution in [-0.4, -0.2) is 22.5 Å². The fourth-order valence-corrected chi connectivity index (χ4v) is 5.91. The van der Waals surface area contributed by atoms with Crippen molar-refractivity contribution in [1.29, 1.82) is 0 Å². The summed E-state index contributed by atoms with van der Waals surface area (Å²) in [5.41, 5.74) is 0. The Morgan fingerprint density at radius 2 is 1.82 bits per heavy atom. The summed E-state index contributed by atoms with van der Waals surface area (Å²) in [6, 6.07) is 1.31. The second-order valence-electron chi connectivity index (χ2n) is 6.62. The van der Waals surface area contributed by atoms with E-state index >= 15 is 0 Å². The van der Waals surface area contributed by atoms with Crippen LogP contribution in [0.2, 0.25) is 0 Å². The van der Waals surface area contributed by atoms with Gasteiger partial charge in [-0.25, -0.2) is 0 Å². The van der Waals surface area contributed by atoms with Gasteiger partial charge >= 0.3 is 0 Å². The van der Waals surface area contributed by atoms with E-state index in [9.17, 15) is 0 Å². The highest BCUT2D eigenvalue weighted by atomic mass is 32.2. The largest absolute Gasteiger partial charge is 0.362 e. The van der Waals surface area contributed by atoms with Crippen LogP contribution in [0.4, 0.5) is 0 Å². The third-order valence-corrected chi connectivity index (χ3v) is 6.37. The van der Waals surface area contributed by atoms with E-state index in [1.165, 1.54) is 30.9 Å². The molecule has 0 aromatic rings. The molecule has 4 aliphatic rings. The van der Waals surface area contributed by atoms with Gasteiger partial charge in [0.15, 0.2) is 5.17 Å². The zero-order valence-corrected chi connectivity index (χ0v) is 11.5. The number of rotatable bonds is 1. The number of aliphatic imine (C=N–C) groups is 1. The number of hydrogen-bond donors (Lipinski definition) is 1. The molecule has 2 nitrogen and oxygen atoms in total. The second kappa shape index (κ2) is 3.66. The molecule has 2 bridgehead atoms. The molecule has 0 spiro atoms. The van der Waals surface area contributed by atoms with Crippen LogP contribution in [0.3, 0.4) is 0 Å². The number of thioether (sulfide) groups is 1. The van der Waals surface area contributed by atoms with Crippen molar-refractivity contribution in [1.82, 2.24) is 5.32 Å². The molecule has 6 atom stereocenters. The molecule has 0 radical (unpaired) electrons. The van der Waals surface area contributed by atoms with Gasteiger partial charge < -0.3 is 5.32 Å². The molecule has 4 fully saturated rings. The molecular weight excluding hydrogens is 228 g/mol. The second-order valence-corrected chi connectivity index (χ2v) is 8.05. The van der Waals surface area contributed by atoms with E-state index in [0.29, 0.717) is 12.1 Å². The standard InChI is InChI=1S/C14H22N2S/c1-7-5-8(2)17-14(15-7)16-13-11-9-3-4-10(6-9)12(11)13/h7-13H,3-6H2,1-2H3,(H,15,16). The fraction of sp³-hybridized carbons (Fsp3) is 0.929. The lowest BCUT2D eigenvalue weighted by atomic mass is 10.0. The molecule has 3 saturated carbocycles. The van der Waals surface area contributed by atoms with Crippen molar-refractivity contribution in [3.63, 3.8) is 0 Å². The van der Waals surface area contributed by atoms with Crippen molar-refractivity contribution in [3.8, 4) is 0 Å². The van der Waals surface area contributed by atoms with Gasteiger partial charge in [0.25, 0.3) is 0 Å². The maximum atomic E-state index is 5.04. The van der Waals surface area contributed by atoms with Gasteiger partial charge in [0.05, 0.1) is 6.04 Å². The van der Waals surface area contributed by atoms with Crippen LogP contribution in [-0.2, 0) is 0 Å². The van der Waals surface area contributed by atoms with Gasteiger partial charge in [0.2, 0.25) is 0 Å². The van der Waals surface area contributed by atoms with E-state index < -0.39 is 0 Å². The van der Waals surface area contributed by atoms with Gasteiger partial charge in [0, 0.05) is 11.3 Å². The molecule has 1 saturated heterocycles. The Morgan fingerprint density at radius 3 is 2.47 bits per heavy atom. The first-order chi connectivity index (χ1) is 8.22. The van der Waals surface area contributed by atoms with Gasteiger partial charge in [-0.1, -0.05) is 18.7 Å². The summed E-state index contributed by atoms with van der Waals surface area (Å²) in [7, 11) is 0. The summed E-state index contributed by atoms with van der Waals surface area (Å²) < 4.78 is 0. The zero-order valence-electron chi connectivity index (χ0n) is 10.7. The van der Waals surface area contributed by atoms with Crippen LogP contribution in [0.1, 0.15) is 39.5 Å². The third-order valence-electron chi connectivity index (χ3n) is 5.33. The van der Waals surface area contributed by atoms with Gasteiger partial charge in [0.1, 0.15) is 0 Å². The Hall–Kier alpha value is -0.180. The highest BCUT2D eigenvalue weighted by Crippen LogP contribution is 2.67.